The number of nitrogens with one attached hydrogen (secondary N) is 1. The van der Waals surface area contributed by atoms with Crippen LogP contribution < -0.4 is 14.8 Å². The first-order valence-electron chi connectivity index (χ1n) is 6.73. The molecule has 2 atom stereocenters. The van der Waals surface area contributed by atoms with Crippen molar-refractivity contribution in [2.45, 2.75) is 33.2 Å². The fraction of sp³-hybridized carbons (Fsp3) is 0.600. The molecule has 3 nitrogen and oxygen atoms in total. The average molecular weight is 269 g/mol. The predicted octanol–water partition coefficient (Wildman–Crippen LogP) is 3.54. The van der Waals surface area contributed by atoms with E-state index in [2.05, 4.69) is 19.2 Å². The lowest BCUT2D eigenvalue weighted by Gasteiger charge is -2.25. The first kappa shape index (κ1) is 15.8. The topological polar surface area (TPSA) is 30.5 Å². The zero-order chi connectivity index (χ0) is 14.4. The smallest absolute Gasteiger partial charge is 0.163 e. The Kier molecular flexibility index (Phi) is 6.09. The van der Waals surface area contributed by atoms with E-state index in [-0.39, 0.29) is 11.9 Å². The number of halogens is 1. The third kappa shape index (κ3) is 3.60. The van der Waals surface area contributed by atoms with Gasteiger partial charge in [0.1, 0.15) is 5.82 Å². The maximum atomic E-state index is 14.2. The fourth-order valence-corrected chi connectivity index (χ4v) is 2.18. The van der Waals surface area contributed by atoms with Crippen molar-refractivity contribution in [2.24, 2.45) is 5.92 Å². The lowest BCUT2D eigenvalue weighted by molar-refractivity contribution is 0.342. The number of methoxy groups -OCH3 is 2. The van der Waals surface area contributed by atoms with Crippen LogP contribution in [0, 0.1) is 11.7 Å². The molecule has 0 amide bonds. The molecule has 1 N–H and O–H groups in total. The van der Waals surface area contributed by atoms with Gasteiger partial charge in [0.2, 0.25) is 0 Å². The standard InChI is InChI=1S/C15H24FNO2/c1-6-10(3)15(17-7-2)11-8-13(18-4)14(19-5)9-12(11)16/h8-10,15,17H,6-7H2,1-5H3. The highest BCUT2D eigenvalue weighted by molar-refractivity contribution is 5.44. The van der Waals surface area contributed by atoms with Gasteiger partial charge in [0, 0.05) is 17.7 Å². The fourth-order valence-electron chi connectivity index (χ4n) is 2.18. The summed E-state index contributed by atoms with van der Waals surface area (Å²) in [6, 6.07) is 3.10. The molecule has 1 aromatic carbocycles. The monoisotopic (exact) mass is 269 g/mol. The zero-order valence-corrected chi connectivity index (χ0v) is 12.4. The molecule has 1 aromatic rings. The maximum Gasteiger partial charge on any atom is 0.163 e. The minimum absolute atomic E-state index is 0.0187. The van der Waals surface area contributed by atoms with Gasteiger partial charge < -0.3 is 14.8 Å². The second kappa shape index (κ2) is 7.34. The van der Waals surface area contributed by atoms with Gasteiger partial charge in [-0.3, -0.25) is 0 Å². The van der Waals surface area contributed by atoms with Crippen LogP contribution in [0.4, 0.5) is 4.39 Å². The summed E-state index contributed by atoms with van der Waals surface area (Å²) in [7, 11) is 3.07. The SMILES string of the molecule is CCNC(c1cc(OC)c(OC)cc1F)C(C)CC. The summed E-state index contributed by atoms with van der Waals surface area (Å²) >= 11 is 0. The molecule has 0 aliphatic carbocycles. The molecular formula is C15H24FNO2. The first-order valence-corrected chi connectivity index (χ1v) is 6.73. The summed E-state index contributed by atoms with van der Waals surface area (Å²) in [5.41, 5.74) is 0.633. The quantitative estimate of drug-likeness (QED) is 0.821. The van der Waals surface area contributed by atoms with E-state index in [9.17, 15) is 4.39 Å². The Morgan fingerprint density at radius 1 is 1.16 bits per heavy atom. The number of hydrogen-bond donors (Lipinski definition) is 1. The van der Waals surface area contributed by atoms with Crippen molar-refractivity contribution in [3.63, 3.8) is 0 Å². The normalized spacial score (nSPS) is 14.0. The van der Waals surface area contributed by atoms with E-state index in [0.717, 1.165) is 13.0 Å². The van der Waals surface area contributed by atoms with Crippen LogP contribution in [-0.2, 0) is 0 Å². The van der Waals surface area contributed by atoms with Gasteiger partial charge in [-0.2, -0.15) is 0 Å². The Bertz CT molecular complexity index is 409. The van der Waals surface area contributed by atoms with Gasteiger partial charge in [-0.05, 0) is 18.5 Å². The molecule has 0 bridgehead atoms. The lowest BCUT2D eigenvalue weighted by atomic mass is 9.91. The molecule has 19 heavy (non-hydrogen) atoms. The summed E-state index contributed by atoms with van der Waals surface area (Å²) in [5, 5.41) is 3.34. The minimum Gasteiger partial charge on any atom is -0.493 e. The number of rotatable bonds is 7. The van der Waals surface area contributed by atoms with Gasteiger partial charge in [0.15, 0.2) is 11.5 Å². The average Bonchev–Trinajstić information content (AvgIpc) is 2.44. The van der Waals surface area contributed by atoms with E-state index >= 15 is 0 Å². The molecule has 4 heteroatoms. The van der Waals surface area contributed by atoms with Gasteiger partial charge in [-0.15, -0.1) is 0 Å². The van der Waals surface area contributed by atoms with Crippen LogP contribution in [0.15, 0.2) is 12.1 Å². The second-order valence-electron chi connectivity index (χ2n) is 4.65. The van der Waals surface area contributed by atoms with Crippen molar-refractivity contribution in [1.29, 1.82) is 0 Å². The number of benzene rings is 1. The first-order chi connectivity index (χ1) is 9.08. The van der Waals surface area contributed by atoms with E-state index < -0.39 is 0 Å². The second-order valence-corrected chi connectivity index (χ2v) is 4.65. The molecule has 0 aromatic heterocycles. The summed E-state index contributed by atoms with van der Waals surface area (Å²) < 4.78 is 24.6. The van der Waals surface area contributed by atoms with Crippen LogP contribution >= 0.6 is 0 Å². The third-order valence-electron chi connectivity index (χ3n) is 3.47. The van der Waals surface area contributed by atoms with Crippen LogP contribution in [0.5, 0.6) is 11.5 Å². The Hall–Kier alpha value is -1.29. The highest BCUT2D eigenvalue weighted by Gasteiger charge is 2.22. The van der Waals surface area contributed by atoms with Crippen LogP contribution in [0.2, 0.25) is 0 Å². The molecule has 0 heterocycles. The Balaban J connectivity index is 3.22. The minimum atomic E-state index is -0.260. The Morgan fingerprint density at radius 2 is 1.74 bits per heavy atom. The van der Waals surface area contributed by atoms with Crippen molar-refractivity contribution in [1.82, 2.24) is 5.32 Å². The molecule has 0 saturated carbocycles. The van der Waals surface area contributed by atoms with E-state index in [1.165, 1.54) is 13.2 Å². The Labute approximate surface area is 115 Å². The largest absolute Gasteiger partial charge is 0.493 e. The van der Waals surface area contributed by atoms with Gasteiger partial charge >= 0.3 is 0 Å². The molecule has 0 saturated heterocycles. The molecule has 2 unspecified atom stereocenters. The summed E-state index contributed by atoms with van der Waals surface area (Å²) in [4.78, 5) is 0. The van der Waals surface area contributed by atoms with Crippen molar-refractivity contribution in [2.75, 3.05) is 20.8 Å². The number of ether oxygens (including phenoxy) is 2. The van der Waals surface area contributed by atoms with Crippen molar-refractivity contribution in [3.05, 3.63) is 23.5 Å². The summed E-state index contributed by atoms with van der Waals surface area (Å²) in [6.45, 7) is 7.04. The van der Waals surface area contributed by atoms with Crippen LogP contribution in [0.25, 0.3) is 0 Å². The van der Waals surface area contributed by atoms with Crippen LogP contribution in [0.3, 0.4) is 0 Å². The highest BCUT2D eigenvalue weighted by atomic mass is 19.1. The molecule has 0 fully saturated rings. The van der Waals surface area contributed by atoms with Crippen molar-refractivity contribution in [3.8, 4) is 11.5 Å². The summed E-state index contributed by atoms with van der Waals surface area (Å²) in [5.74, 6) is 1.06. The summed E-state index contributed by atoms with van der Waals surface area (Å²) in [6.07, 6.45) is 0.978. The maximum absolute atomic E-state index is 14.2. The third-order valence-corrected chi connectivity index (χ3v) is 3.47. The van der Waals surface area contributed by atoms with E-state index in [1.807, 2.05) is 6.92 Å². The van der Waals surface area contributed by atoms with Crippen LogP contribution in [0.1, 0.15) is 38.8 Å². The Morgan fingerprint density at radius 3 is 2.21 bits per heavy atom. The molecular weight excluding hydrogens is 245 g/mol. The van der Waals surface area contributed by atoms with E-state index in [4.69, 9.17) is 9.47 Å². The number of hydrogen-bond acceptors (Lipinski definition) is 3. The molecule has 108 valence electrons. The molecule has 1 rings (SSSR count). The molecule has 0 spiro atoms. The van der Waals surface area contributed by atoms with Gasteiger partial charge in [-0.25, -0.2) is 4.39 Å². The van der Waals surface area contributed by atoms with Gasteiger partial charge in [0.25, 0.3) is 0 Å². The van der Waals surface area contributed by atoms with Gasteiger partial charge in [-0.1, -0.05) is 27.2 Å². The molecule has 0 aliphatic rings. The molecule has 0 aliphatic heterocycles. The predicted molar refractivity (Wildman–Crippen MR) is 75.4 cm³/mol. The zero-order valence-electron chi connectivity index (χ0n) is 12.4. The molecule has 0 radical (unpaired) electrons. The van der Waals surface area contributed by atoms with E-state index in [1.54, 1.807) is 13.2 Å². The van der Waals surface area contributed by atoms with Crippen LogP contribution in [-0.4, -0.2) is 20.8 Å². The van der Waals surface area contributed by atoms with Gasteiger partial charge in [0.05, 0.1) is 14.2 Å². The van der Waals surface area contributed by atoms with E-state index in [0.29, 0.717) is 23.0 Å². The van der Waals surface area contributed by atoms with Crippen molar-refractivity contribution < 1.29 is 13.9 Å². The van der Waals surface area contributed by atoms with Crippen molar-refractivity contribution >= 4 is 0 Å². The lowest BCUT2D eigenvalue weighted by Crippen LogP contribution is -2.27. The highest BCUT2D eigenvalue weighted by Crippen LogP contribution is 2.35.